The minimum atomic E-state index is -0.0610. The zero-order chi connectivity index (χ0) is 13.4. The van der Waals surface area contributed by atoms with Crippen molar-refractivity contribution >= 4 is 5.91 Å². The van der Waals surface area contributed by atoms with Crippen molar-refractivity contribution in [1.29, 1.82) is 0 Å². The molecule has 0 saturated carbocycles. The summed E-state index contributed by atoms with van der Waals surface area (Å²) in [6, 6.07) is -0.0610. The van der Waals surface area contributed by atoms with Gasteiger partial charge in [-0.1, -0.05) is 11.6 Å². The van der Waals surface area contributed by atoms with Crippen molar-refractivity contribution in [1.82, 2.24) is 10.2 Å². The third-order valence-corrected chi connectivity index (χ3v) is 3.73. The van der Waals surface area contributed by atoms with Crippen LogP contribution in [0.4, 0.5) is 0 Å². The molecule has 0 bridgehead atoms. The Morgan fingerprint density at radius 3 is 2.67 bits per heavy atom. The van der Waals surface area contributed by atoms with E-state index in [4.69, 9.17) is 0 Å². The summed E-state index contributed by atoms with van der Waals surface area (Å²) in [6.45, 7) is 8.54. The van der Waals surface area contributed by atoms with E-state index in [0.717, 1.165) is 26.1 Å². The quantitative estimate of drug-likeness (QED) is 0.707. The summed E-state index contributed by atoms with van der Waals surface area (Å²) in [5, 5.41) is 3.35. The molecule has 0 aliphatic heterocycles. The summed E-state index contributed by atoms with van der Waals surface area (Å²) in [4.78, 5) is 13.9. The first-order chi connectivity index (χ1) is 8.69. The molecule has 1 atom stereocenters. The second-order valence-corrected chi connectivity index (χ2v) is 5.04. The van der Waals surface area contributed by atoms with Crippen molar-refractivity contribution in [2.75, 3.05) is 19.6 Å². The molecule has 18 heavy (non-hydrogen) atoms. The lowest BCUT2D eigenvalue weighted by molar-refractivity contribution is -0.132. The van der Waals surface area contributed by atoms with Crippen LogP contribution in [0.1, 0.15) is 52.9 Å². The van der Waals surface area contributed by atoms with Crippen LogP contribution < -0.4 is 5.32 Å². The summed E-state index contributed by atoms with van der Waals surface area (Å²) in [7, 11) is 0. The number of amides is 1. The highest BCUT2D eigenvalue weighted by Gasteiger charge is 2.17. The molecular formula is C15H28N2O. The summed E-state index contributed by atoms with van der Waals surface area (Å²) in [6.07, 6.45) is 8.63. The van der Waals surface area contributed by atoms with Crippen LogP contribution in [0.15, 0.2) is 11.6 Å². The molecular weight excluding hydrogens is 224 g/mol. The fourth-order valence-corrected chi connectivity index (χ4v) is 2.48. The van der Waals surface area contributed by atoms with Crippen molar-refractivity contribution in [2.24, 2.45) is 0 Å². The fourth-order valence-electron chi connectivity index (χ4n) is 2.48. The van der Waals surface area contributed by atoms with Crippen LogP contribution >= 0.6 is 0 Å². The van der Waals surface area contributed by atoms with Crippen molar-refractivity contribution in [3.05, 3.63) is 11.6 Å². The Morgan fingerprint density at radius 1 is 1.39 bits per heavy atom. The predicted octanol–water partition coefficient (Wildman–Crippen LogP) is 2.72. The molecule has 3 heteroatoms. The van der Waals surface area contributed by atoms with Crippen molar-refractivity contribution in [3.8, 4) is 0 Å². The van der Waals surface area contributed by atoms with Crippen LogP contribution in [0, 0.1) is 0 Å². The minimum Gasteiger partial charge on any atom is -0.342 e. The molecule has 0 heterocycles. The summed E-state index contributed by atoms with van der Waals surface area (Å²) in [5.74, 6) is 0.220. The SMILES string of the molecule is CCN(CC)C(=O)C(C)NCCC1=CCCCC1. The molecule has 1 unspecified atom stereocenters. The van der Waals surface area contributed by atoms with Gasteiger partial charge in [0.1, 0.15) is 0 Å². The van der Waals surface area contributed by atoms with Gasteiger partial charge in [0.2, 0.25) is 5.91 Å². The van der Waals surface area contributed by atoms with E-state index in [1.165, 1.54) is 25.7 Å². The Balaban J connectivity index is 2.25. The Morgan fingerprint density at radius 2 is 2.11 bits per heavy atom. The molecule has 1 rings (SSSR count). The number of hydrogen-bond donors (Lipinski definition) is 1. The summed E-state index contributed by atoms with van der Waals surface area (Å²) < 4.78 is 0. The van der Waals surface area contributed by atoms with Gasteiger partial charge >= 0.3 is 0 Å². The Kier molecular flexibility index (Phi) is 7.02. The number of nitrogens with one attached hydrogen (secondary N) is 1. The van der Waals surface area contributed by atoms with Crippen LogP contribution in [-0.2, 0) is 4.79 Å². The van der Waals surface area contributed by atoms with E-state index in [0.29, 0.717) is 0 Å². The van der Waals surface area contributed by atoms with E-state index >= 15 is 0 Å². The van der Waals surface area contributed by atoms with Crippen molar-refractivity contribution < 1.29 is 4.79 Å². The van der Waals surface area contributed by atoms with Crippen LogP contribution in [-0.4, -0.2) is 36.5 Å². The topological polar surface area (TPSA) is 32.3 Å². The highest BCUT2D eigenvalue weighted by atomic mass is 16.2. The van der Waals surface area contributed by atoms with Crippen LogP contribution in [0.3, 0.4) is 0 Å². The van der Waals surface area contributed by atoms with Crippen LogP contribution in [0.5, 0.6) is 0 Å². The van der Waals surface area contributed by atoms with Gasteiger partial charge in [-0.15, -0.1) is 0 Å². The van der Waals surface area contributed by atoms with E-state index in [1.54, 1.807) is 5.57 Å². The van der Waals surface area contributed by atoms with Gasteiger partial charge in [0.25, 0.3) is 0 Å². The van der Waals surface area contributed by atoms with Gasteiger partial charge in [-0.05, 0) is 59.4 Å². The average molecular weight is 252 g/mol. The molecule has 0 spiro atoms. The highest BCUT2D eigenvalue weighted by Crippen LogP contribution is 2.19. The average Bonchev–Trinajstić information content (AvgIpc) is 2.41. The standard InChI is InChI=1S/C15H28N2O/c1-4-17(5-2)15(18)13(3)16-12-11-14-9-7-6-8-10-14/h9,13,16H,4-8,10-12H2,1-3H3. The molecule has 0 aromatic heterocycles. The van der Waals surface area contributed by atoms with Crippen LogP contribution in [0.25, 0.3) is 0 Å². The highest BCUT2D eigenvalue weighted by molar-refractivity contribution is 5.81. The number of likely N-dealkylation sites (N-methyl/N-ethyl adjacent to an activating group) is 1. The maximum absolute atomic E-state index is 12.0. The molecule has 1 aliphatic rings. The van der Waals surface area contributed by atoms with Gasteiger partial charge in [0, 0.05) is 13.1 Å². The Labute approximate surface area is 112 Å². The third-order valence-electron chi connectivity index (χ3n) is 3.73. The molecule has 104 valence electrons. The monoisotopic (exact) mass is 252 g/mol. The second-order valence-electron chi connectivity index (χ2n) is 5.04. The van der Waals surface area contributed by atoms with E-state index in [-0.39, 0.29) is 11.9 Å². The Hall–Kier alpha value is -0.830. The predicted molar refractivity (Wildman–Crippen MR) is 76.6 cm³/mol. The fraction of sp³-hybridized carbons (Fsp3) is 0.800. The number of allylic oxidation sites excluding steroid dienone is 1. The molecule has 0 radical (unpaired) electrons. The van der Waals surface area contributed by atoms with E-state index in [9.17, 15) is 4.79 Å². The van der Waals surface area contributed by atoms with Gasteiger partial charge < -0.3 is 10.2 Å². The zero-order valence-corrected chi connectivity index (χ0v) is 12.2. The van der Waals surface area contributed by atoms with Gasteiger partial charge in [0.15, 0.2) is 0 Å². The van der Waals surface area contributed by atoms with Gasteiger partial charge in [-0.25, -0.2) is 0 Å². The third kappa shape index (κ3) is 4.81. The minimum absolute atomic E-state index is 0.0610. The lowest BCUT2D eigenvalue weighted by Gasteiger charge is -2.23. The molecule has 0 fully saturated rings. The molecule has 1 amide bonds. The van der Waals surface area contributed by atoms with Crippen molar-refractivity contribution in [3.63, 3.8) is 0 Å². The number of carbonyl (C=O) groups is 1. The molecule has 1 aliphatic carbocycles. The smallest absolute Gasteiger partial charge is 0.239 e. The molecule has 0 aromatic rings. The van der Waals surface area contributed by atoms with Gasteiger partial charge in [-0.3, -0.25) is 4.79 Å². The number of nitrogens with zero attached hydrogens (tertiary/aromatic N) is 1. The van der Waals surface area contributed by atoms with E-state index in [2.05, 4.69) is 11.4 Å². The van der Waals surface area contributed by atoms with Gasteiger partial charge in [0.05, 0.1) is 6.04 Å². The van der Waals surface area contributed by atoms with Gasteiger partial charge in [-0.2, -0.15) is 0 Å². The molecule has 3 nitrogen and oxygen atoms in total. The van der Waals surface area contributed by atoms with E-state index < -0.39 is 0 Å². The zero-order valence-electron chi connectivity index (χ0n) is 12.2. The Bertz CT molecular complexity index is 282. The first-order valence-electron chi connectivity index (χ1n) is 7.39. The first kappa shape index (κ1) is 15.2. The largest absolute Gasteiger partial charge is 0.342 e. The number of hydrogen-bond acceptors (Lipinski definition) is 2. The molecule has 1 N–H and O–H groups in total. The normalized spacial score (nSPS) is 17.2. The van der Waals surface area contributed by atoms with E-state index in [1.807, 2.05) is 25.7 Å². The maximum atomic E-state index is 12.0. The number of rotatable bonds is 7. The molecule has 0 saturated heterocycles. The van der Waals surface area contributed by atoms with Crippen LogP contribution in [0.2, 0.25) is 0 Å². The molecule has 0 aromatic carbocycles. The van der Waals surface area contributed by atoms with Crippen molar-refractivity contribution in [2.45, 2.75) is 58.9 Å². The summed E-state index contributed by atoms with van der Waals surface area (Å²) >= 11 is 0. The maximum Gasteiger partial charge on any atom is 0.239 e. The number of carbonyl (C=O) groups excluding carboxylic acids is 1. The summed E-state index contributed by atoms with van der Waals surface area (Å²) in [5.41, 5.74) is 1.57. The lowest BCUT2D eigenvalue weighted by atomic mass is 9.97. The lowest BCUT2D eigenvalue weighted by Crippen LogP contribution is -2.45. The first-order valence-corrected chi connectivity index (χ1v) is 7.39. The second kappa shape index (κ2) is 8.30.